The van der Waals surface area contributed by atoms with Gasteiger partial charge in [0, 0.05) is 12.1 Å². The topological polar surface area (TPSA) is 90.4 Å². The number of para-hydroxylation sites is 1. The van der Waals surface area contributed by atoms with Crippen LogP contribution in [0.25, 0.3) is 0 Å². The fraction of sp³-hybridized carbons (Fsp3) is 0.188. The molecule has 0 unspecified atom stereocenters. The van der Waals surface area contributed by atoms with E-state index in [1.54, 1.807) is 25.3 Å². The van der Waals surface area contributed by atoms with Gasteiger partial charge in [-0.3, -0.25) is 4.79 Å². The average molecular weight is 285 g/mol. The lowest BCUT2D eigenvalue weighted by Crippen LogP contribution is -2.12. The zero-order chi connectivity index (χ0) is 15.2. The minimum Gasteiger partial charge on any atom is -0.496 e. The van der Waals surface area contributed by atoms with Crippen molar-refractivity contribution in [3.05, 3.63) is 53.6 Å². The van der Waals surface area contributed by atoms with Crippen molar-refractivity contribution < 1.29 is 9.53 Å². The normalized spacial score (nSPS) is 10.1. The minimum absolute atomic E-state index is 0.405. The van der Waals surface area contributed by atoms with Crippen molar-refractivity contribution in [2.24, 2.45) is 5.73 Å². The molecule has 0 aromatic heterocycles. The maximum Gasteiger partial charge on any atom is 0.248 e. The molecule has 5 nitrogen and oxygen atoms in total. The number of hydrogen-bond acceptors (Lipinski definition) is 4. The third kappa shape index (κ3) is 3.66. The molecule has 21 heavy (non-hydrogen) atoms. The van der Waals surface area contributed by atoms with Gasteiger partial charge in [-0.25, -0.2) is 0 Å². The Morgan fingerprint density at radius 1 is 1.24 bits per heavy atom. The highest BCUT2D eigenvalue weighted by Gasteiger charge is 2.05. The molecule has 0 aliphatic heterocycles. The zero-order valence-corrected chi connectivity index (χ0v) is 11.9. The van der Waals surface area contributed by atoms with Crippen molar-refractivity contribution in [2.45, 2.75) is 6.42 Å². The third-order valence-corrected chi connectivity index (χ3v) is 3.24. The quantitative estimate of drug-likeness (QED) is 0.708. The number of carbonyl (C=O) groups excluding carboxylic acids is 1. The van der Waals surface area contributed by atoms with E-state index >= 15 is 0 Å². The molecule has 5 heteroatoms. The first-order valence-corrected chi connectivity index (χ1v) is 6.67. The van der Waals surface area contributed by atoms with Crippen LogP contribution in [0.5, 0.6) is 5.75 Å². The molecule has 0 saturated carbocycles. The standard InChI is InChI=1S/C16H19N3O2/c1-21-15-5-3-2-4-11(15)8-9-19-14-7-6-12(16(18)20)10-13(14)17/h2-7,10,19H,8-9,17H2,1H3,(H2,18,20). The van der Waals surface area contributed by atoms with Gasteiger partial charge in [0.1, 0.15) is 5.75 Å². The Hall–Kier alpha value is -2.69. The summed E-state index contributed by atoms with van der Waals surface area (Å²) in [5, 5.41) is 3.25. The van der Waals surface area contributed by atoms with Crippen molar-refractivity contribution in [3.63, 3.8) is 0 Å². The van der Waals surface area contributed by atoms with Gasteiger partial charge in [-0.05, 0) is 36.2 Å². The molecule has 5 N–H and O–H groups in total. The van der Waals surface area contributed by atoms with Gasteiger partial charge in [-0.2, -0.15) is 0 Å². The van der Waals surface area contributed by atoms with E-state index in [0.717, 1.165) is 23.4 Å². The molecular weight excluding hydrogens is 266 g/mol. The summed E-state index contributed by atoms with van der Waals surface area (Å²) in [6.07, 6.45) is 0.807. The molecule has 0 atom stereocenters. The van der Waals surface area contributed by atoms with E-state index in [9.17, 15) is 4.79 Å². The number of anilines is 2. The Morgan fingerprint density at radius 2 is 2.00 bits per heavy atom. The first-order chi connectivity index (χ1) is 10.1. The number of amides is 1. The van der Waals surface area contributed by atoms with Crippen LogP contribution in [0.4, 0.5) is 11.4 Å². The molecule has 0 saturated heterocycles. The number of nitrogens with two attached hydrogens (primary N) is 2. The number of nitrogen functional groups attached to an aromatic ring is 1. The maximum absolute atomic E-state index is 11.1. The predicted molar refractivity (Wildman–Crippen MR) is 84.6 cm³/mol. The second-order valence-corrected chi connectivity index (χ2v) is 4.65. The van der Waals surface area contributed by atoms with Gasteiger partial charge in [0.25, 0.3) is 0 Å². The molecule has 1 amide bonds. The van der Waals surface area contributed by atoms with E-state index in [2.05, 4.69) is 5.32 Å². The Morgan fingerprint density at radius 3 is 2.67 bits per heavy atom. The summed E-state index contributed by atoms with van der Waals surface area (Å²) >= 11 is 0. The summed E-state index contributed by atoms with van der Waals surface area (Å²) in [6.45, 7) is 0.709. The van der Waals surface area contributed by atoms with Gasteiger partial charge in [0.2, 0.25) is 5.91 Å². The van der Waals surface area contributed by atoms with E-state index in [-0.39, 0.29) is 0 Å². The summed E-state index contributed by atoms with van der Waals surface area (Å²) in [4.78, 5) is 11.1. The summed E-state index contributed by atoms with van der Waals surface area (Å²) in [7, 11) is 1.66. The Labute approximate surface area is 123 Å². The monoisotopic (exact) mass is 285 g/mol. The van der Waals surface area contributed by atoms with E-state index in [0.29, 0.717) is 17.8 Å². The van der Waals surface area contributed by atoms with Gasteiger partial charge in [-0.15, -0.1) is 0 Å². The number of carbonyl (C=O) groups is 1. The molecule has 0 spiro atoms. The molecule has 0 aliphatic carbocycles. The summed E-state index contributed by atoms with van der Waals surface area (Å²) in [5.74, 6) is 0.388. The maximum atomic E-state index is 11.1. The fourth-order valence-electron chi connectivity index (χ4n) is 2.12. The van der Waals surface area contributed by atoms with Crippen LogP contribution in [0.2, 0.25) is 0 Å². The number of primary amides is 1. The van der Waals surface area contributed by atoms with E-state index < -0.39 is 5.91 Å². The van der Waals surface area contributed by atoms with Crippen molar-refractivity contribution in [2.75, 3.05) is 24.7 Å². The van der Waals surface area contributed by atoms with Gasteiger partial charge in [0.05, 0.1) is 18.5 Å². The van der Waals surface area contributed by atoms with E-state index in [1.165, 1.54) is 0 Å². The molecular formula is C16H19N3O2. The van der Waals surface area contributed by atoms with Crippen molar-refractivity contribution >= 4 is 17.3 Å². The lowest BCUT2D eigenvalue weighted by atomic mass is 10.1. The largest absolute Gasteiger partial charge is 0.496 e. The minimum atomic E-state index is -0.484. The van der Waals surface area contributed by atoms with Crippen LogP contribution in [0, 0.1) is 0 Å². The van der Waals surface area contributed by atoms with E-state index in [4.69, 9.17) is 16.2 Å². The lowest BCUT2D eigenvalue weighted by molar-refractivity contribution is 0.100. The van der Waals surface area contributed by atoms with Gasteiger partial charge in [0.15, 0.2) is 0 Å². The zero-order valence-electron chi connectivity index (χ0n) is 11.9. The predicted octanol–water partition coefficient (Wildman–Crippen LogP) is 2.03. The van der Waals surface area contributed by atoms with Gasteiger partial charge >= 0.3 is 0 Å². The average Bonchev–Trinajstić information content (AvgIpc) is 2.49. The van der Waals surface area contributed by atoms with E-state index in [1.807, 2.05) is 24.3 Å². The number of benzene rings is 2. The highest BCUT2D eigenvalue weighted by molar-refractivity contribution is 5.94. The molecule has 0 fully saturated rings. The van der Waals surface area contributed by atoms with Crippen LogP contribution in [-0.4, -0.2) is 19.6 Å². The first kappa shape index (κ1) is 14.7. The number of rotatable bonds is 6. The highest BCUT2D eigenvalue weighted by atomic mass is 16.5. The van der Waals surface area contributed by atoms with Crippen LogP contribution in [-0.2, 0) is 6.42 Å². The number of ether oxygens (including phenoxy) is 1. The number of nitrogens with one attached hydrogen (secondary N) is 1. The molecule has 2 aromatic carbocycles. The highest BCUT2D eigenvalue weighted by Crippen LogP contribution is 2.21. The Kier molecular flexibility index (Phi) is 4.66. The van der Waals surface area contributed by atoms with Gasteiger partial charge < -0.3 is 21.5 Å². The van der Waals surface area contributed by atoms with Crippen LogP contribution in [0.3, 0.4) is 0 Å². The SMILES string of the molecule is COc1ccccc1CCNc1ccc(C(N)=O)cc1N. The van der Waals surface area contributed by atoms with Crippen molar-refractivity contribution in [1.82, 2.24) is 0 Å². The molecule has 2 aromatic rings. The Bertz CT molecular complexity index is 641. The van der Waals surface area contributed by atoms with Crippen LogP contribution >= 0.6 is 0 Å². The third-order valence-electron chi connectivity index (χ3n) is 3.24. The van der Waals surface area contributed by atoms with Crippen LogP contribution in [0.1, 0.15) is 15.9 Å². The van der Waals surface area contributed by atoms with Gasteiger partial charge in [-0.1, -0.05) is 18.2 Å². The first-order valence-electron chi connectivity index (χ1n) is 6.67. The Balaban J connectivity index is 1.99. The molecule has 0 bridgehead atoms. The summed E-state index contributed by atoms with van der Waals surface area (Å²) in [6, 6.07) is 12.9. The fourth-order valence-corrected chi connectivity index (χ4v) is 2.12. The molecule has 0 radical (unpaired) electrons. The molecule has 0 aliphatic rings. The van der Waals surface area contributed by atoms with Crippen molar-refractivity contribution in [3.8, 4) is 5.75 Å². The second-order valence-electron chi connectivity index (χ2n) is 4.65. The molecule has 0 heterocycles. The van der Waals surface area contributed by atoms with Crippen LogP contribution < -0.4 is 21.5 Å². The summed E-state index contributed by atoms with van der Waals surface area (Å²) in [5.41, 5.74) is 13.9. The summed E-state index contributed by atoms with van der Waals surface area (Å²) < 4.78 is 5.31. The molecule has 110 valence electrons. The van der Waals surface area contributed by atoms with Crippen LogP contribution in [0.15, 0.2) is 42.5 Å². The second kappa shape index (κ2) is 6.65. The number of methoxy groups -OCH3 is 1. The van der Waals surface area contributed by atoms with Crippen molar-refractivity contribution in [1.29, 1.82) is 0 Å². The number of hydrogen-bond donors (Lipinski definition) is 3. The lowest BCUT2D eigenvalue weighted by Gasteiger charge is -2.12. The molecule has 2 rings (SSSR count). The smallest absolute Gasteiger partial charge is 0.248 e.